The third-order valence-electron chi connectivity index (χ3n) is 3.82. The summed E-state index contributed by atoms with van der Waals surface area (Å²) in [5.74, 6) is 0.0388. The van der Waals surface area contributed by atoms with Crippen LogP contribution in [-0.4, -0.2) is 52.0 Å². The molecule has 2 atom stereocenters. The molecule has 7 heteroatoms. The second-order valence-electron chi connectivity index (χ2n) is 5.47. The molecule has 1 fully saturated rings. The summed E-state index contributed by atoms with van der Waals surface area (Å²) in [5.41, 5.74) is 1.09. The van der Waals surface area contributed by atoms with E-state index in [4.69, 9.17) is 32.7 Å². The van der Waals surface area contributed by atoms with E-state index in [2.05, 4.69) is 10.6 Å². The summed E-state index contributed by atoms with van der Waals surface area (Å²) in [6.07, 6.45) is 0.729. The molecule has 1 heterocycles. The summed E-state index contributed by atoms with van der Waals surface area (Å²) in [5, 5.41) is 7.29. The average Bonchev–Trinajstić information content (AvgIpc) is 2.76. The Bertz CT molecular complexity index is 528. The number of amides is 1. The van der Waals surface area contributed by atoms with Gasteiger partial charge < -0.3 is 20.1 Å². The molecule has 1 aliphatic rings. The molecule has 0 bridgehead atoms. The molecule has 5 nitrogen and oxygen atoms in total. The van der Waals surface area contributed by atoms with Gasteiger partial charge in [-0.25, -0.2) is 0 Å². The number of rotatable bonds is 6. The number of hydrogen-bond acceptors (Lipinski definition) is 4. The van der Waals surface area contributed by atoms with Gasteiger partial charge in [-0.3, -0.25) is 4.79 Å². The number of carbonyl (C=O) groups excluding carboxylic acids is 1. The molecule has 2 unspecified atom stereocenters. The summed E-state index contributed by atoms with van der Waals surface area (Å²) in [4.78, 5) is 11.5. The van der Waals surface area contributed by atoms with Crippen molar-refractivity contribution < 1.29 is 14.3 Å². The van der Waals surface area contributed by atoms with Gasteiger partial charge in [0.15, 0.2) is 0 Å². The van der Waals surface area contributed by atoms with Crippen LogP contribution in [0, 0.1) is 0 Å². The summed E-state index contributed by atoms with van der Waals surface area (Å²) in [6, 6.07) is 5.68. The number of ether oxygens (including phenoxy) is 2. The first-order chi connectivity index (χ1) is 11.1. The maximum atomic E-state index is 11.5. The summed E-state index contributed by atoms with van der Waals surface area (Å²) in [7, 11) is 1.50. The monoisotopic (exact) mass is 360 g/mol. The van der Waals surface area contributed by atoms with Gasteiger partial charge in [0.1, 0.15) is 6.61 Å². The number of nitrogens with one attached hydrogen (secondary N) is 2. The van der Waals surface area contributed by atoms with Gasteiger partial charge in [-0.2, -0.15) is 0 Å². The molecule has 1 aromatic carbocycles. The van der Waals surface area contributed by atoms with Crippen molar-refractivity contribution >= 4 is 29.1 Å². The minimum atomic E-state index is -0.120. The zero-order valence-corrected chi connectivity index (χ0v) is 14.6. The second-order valence-corrected chi connectivity index (χ2v) is 6.28. The van der Waals surface area contributed by atoms with Gasteiger partial charge in [-0.1, -0.05) is 29.3 Å². The third kappa shape index (κ3) is 5.62. The van der Waals surface area contributed by atoms with Crippen molar-refractivity contribution in [1.29, 1.82) is 0 Å². The van der Waals surface area contributed by atoms with Crippen LogP contribution in [0.3, 0.4) is 0 Å². The third-order valence-corrected chi connectivity index (χ3v) is 4.56. The van der Waals surface area contributed by atoms with Gasteiger partial charge in [0.2, 0.25) is 5.91 Å². The largest absolute Gasteiger partial charge is 0.376 e. The van der Waals surface area contributed by atoms with Gasteiger partial charge in [-0.05, 0) is 24.1 Å². The van der Waals surface area contributed by atoms with Crippen LogP contribution in [0.15, 0.2) is 18.2 Å². The lowest BCUT2D eigenvalue weighted by Crippen LogP contribution is -2.33. The quantitative estimate of drug-likeness (QED) is 0.816. The Morgan fingerprint density at radius 2 is 2.26 bits per heavy atom. The highest BCUT2D eigenvalue weighted by atomic mass is 35.5. The number of carbonyl (C=O) groups is 1. The Balaban J connectivity index is 2.01. The van der Waals surface area contributed by atoms with E-state index in [1.807, 2.05) is 18.2 Å². The van der Waals surface area contributed by atoms with Crippen LogP contribution in [0.25, 0.3) is 0 Å². The Morgan fingerprint density at radius 3 is 3.00 bits per heavy atom. The van der Waals surface area contributed by atoms with E-state index in [1.165, 1.54) is 7.11 Å². The fraction of sp³-hybridized carbons (Fsp3) is 0.562. The predicted octanol–water partition coefficient (Wildman–Crippen LogP) is 2.22. The summed E-state index contributed by atoms with van der Waals surface area (Å²) in [6.45, 7) is 2.88. The van der Waals surface area contributed by atoms with Crippen molar-refractivity contribution in [3.63, 3.8) is 0 Å². The van der Waals surface area contributed by atoms with E-state index in [1.54, 1.807) is 0 Å². The smallest absolute Gasteiger partial charge is 0.245 e. The van der Waals surface area contributed by atoms with Crippen molar-refractivity contribution in [1.82, 2.24) is 10.6 Å². The molecular formula is C16H22Cl2N2O3. The highest BCUT2D eigenvalue weighted by molar-refractivity contribution is 6.42. The number of methoxy groups -OCH3 is 1. The molecule has 128 valence electrons. The first-order valence-corrected chi connectivity index (χ1v) is 8.40. The Morgan fingerprint density at radius 1 is 1.43 bits per heavy atom. The lowest BCUT2D eigenvalue weighted by molar-refractivity contribution is -0.124. The van der Waals surface area contributed by atoms with Gasteiger partial charge >= 0.3 is 0 Å². The number of benzene rings is 1. The Labute approximate surface area is 146 Å². The highest BCUT2D eigenvalue weighted by Gasteiger charge is 2.26. The standard InChI is InChI=1S/C16H22Cl2N2O3/c1-22-10-16(21)20-5-4-15-12(9-19-6-7-23-15)11-2-3-13(17)14(18)8-11/h2-3,8,12,15,19H,4-7,9-10H2,1H3,(H,20,21). The normalized spacial score (nSPS) is 21.7. The Kier molecular flexibility index (Phi) is 7.59. The molecule has 0 radical (unpaired) electrons. The van der Waals surface area contributed by atoms with Crippen molar-refractivity contribution in [3.05, 3.63) is 33.8 Å². The SMILES string of the molecule is COCC(=O)NCCC1OCCNCC1c1ccc(Cl)c(Cl)c1. The maximum absolute atomic E-state index is 11.5. The van der Waals surface area contributed by atoms with Crippen LogP contribution in [0.2, 0.25) is 10.0 Å². The molecule has 23 heavy (non-hydrogen) atoms. The molecular weight excluding hydrogens is 339 g/mol. The van der Waals surface area contributed by atoms with Gasteiger partial charge in [0, 0.05) is 32.7 Å². The first-order valence-electron chi connectivity index (χ1n) is 7.64. The average molecular weight is 361 g/mol. The van der Waals surface area contributed by atoms with Crippen molar-refractivity contribution in [3.8, 4) is 0 Å². The molecule has 1 aliphatic heterocycles. The number of halogens is 2. The van der Waals surface area contributed by atoms with E-state index in [-0.39, 0.29) is 24.5 Å². The molecule has 2 N–H and O–H groups in total. The van der Waals surface area contributed by atoms with E-state index >= 15 is 0 Å². The summed E-state index contributed by atoms with van der Waals surface area (Å²) < 4.78 is 10.8. The van der Waals surface area contributed by atoms with Gasteiger partial charge in [0.05, 0.1) is 22.8 Å². The molecule has 0 aromatic heterocycles. The van der Waals surface area contributed by atoms with E-state index in [9.17, 15) is 4.79 Å². The molecule has 1 amide bonds. The fourth-order valence-electron chi connectivity index (χ4n) is 2.68. The van der Waals surface area contributed by atoms with Crippen molar-refractivity contribution in [2.45, 2.75) is 18.4 Å². The Hall–Kier alpha value is -0.850. The minimum absolute atomic E-state index is 0.00471. The molecule has 1 saturated heterocycles. The van der Waals surface area contributed by atoms with Crippen molar-refractivity contribution in [2.24, 2.45) is 0 Å². The van der Waals surface area contributed by atoms with Gasteiger partial charge in [-0.15, -0.1) is 0 Å². The van der Waals surface area contributed by atoms with Crippen LogP contribution < -0.4 is 10.6 Å². The molecule has 1 aromatic rings. The number of hydrogen-bond donors (Lipinski definition) is 2. The molecule has 0 spiro atoms. The molecule has 2 rings (SSSR count). The second kappa shape index (κ2) is 9.45. The topological polar surface area (TPSA) is 59.6 Å². The van der Waals surface area contributed by atoms with Crippen LogP contribution >= 0.6 is 23.2 Å². The first kappa shape index (κ1) is 18.5. The van der Waals surface area contributed by atoms with Gasteiger partial charge in [0.25, 0.3) is 0 Å². The fourth-order valence-corrected chi connectivity index (χ4v) is 2.99. The molecule has 0 saturated carbocycles. The van der Waals surface area contributed by atoms with Crippen LogP contribution in [0.5, 0.6) is 0 Å². The lowest BCUT2D eigenvalue weighted by atomic mass is 9.91. The summed E-state index contributed by atoms with van der Waals surface area (Å²) >= 11 is 12.1. The van der Waals surface area contributed by atoms with Crippen LogP contribution in [0.4, 0.5) is 0 Å². The minimum Gasteiger partial charge on any atom is -0.376 e. The van der Waals surface area contributed by atoms with Crippen molar-refractivity contribution in [2.75, 3.05) is 40.0 Å². The lowest BCUT2D eigenvalue weighted by Gasteiger charge is -2.25. The highest BCUT2D eigenvalue weighted by Crippen LogP contribution is 2.30. The van der Waals surface area contributed by atoms with E-state index < -0.39 is 0 Å². The zero-order valence-electron chi connectivity index (χ0n) is 13.1. The van der Waals surface area contributed by atoms with E-state index in [0.717, 1.165) is 25.1 Å². The van der Waals surface area contributed by atoms with E-state index in [0.29, 0.717) is 23.2 Å². The molecule has 0 aliphatic carbocycles. The maximum Gasteiger partial charge on any atom is 0.245 e. The zero-order chi connectivity index (χ0) is 16.7. The van der Waals surface area contributed by atoms with Crippen LogP contribution in [-0.2, 0) is 14.3 Å². The van der Waals surface area contributed by atoms with Crippen LogP contribution in [0.1, 0.15) is 17.9 Å². The predicted molar refractivity (Wildman–Crippen MR) is 91.3 cm³/mol.